The molecule has 3 rings (SSSR count). The lowest BCUT2D eigenvalue weighted by atomic mass is 9.95. The quantitative estimate of drug-likeness (QED) is 0.665. The first-order valence-electron chi connectivity index (χ1n) is 6.50. The van der Waals surface area contributed by atoms with Crippen LogP contribution in [0, 0.1) is 11.8 Å². The number of nitrogens with zero attached hydrogens (tertiary/aromatic N) is 2. The highest BCUT2D eigenvalue weighted by Crippen LogP contribution is 2.44. The van der Waals surface area contributed by atoms with Gasteiger partial charge in [0.25, 0.3) is 0 Å². The van der Waals surface area contributed by atoms with E-state index in [2.05, 4.69) is 15.3 Å². The molecule has 0 aliphatic heterocycles. The summed E-state index contributed by atoms with van der Waals surface area (Å²) in [7, 11) is 0. The molecule has 1 aromatic rings. The van der Waals surface area contributed by atoms with Crippen molar-refractivity contribution in [1.82, 2.24) is 15.3 Å². The minimum Gasteiger partial charge on any atom is -0.352 e. The predicted molar refractivity (Wildman–Crippen MR) is 70.1 cm³/mol. The predicted octanol–water partition coefficient (Wildman–Crippen LogP) is 1.87. The van der Waals surface area contributed by atoms with E-state index in [1.807, 2.05) is 0 Å². The first kappa shape index (κ1) is 12.0. The SMILES string of the molecule is O=C(CSc1ncccn1)N[C@H]1C[C@H]2CC[C@@H]1C2. The topological polar surface area (TPSA) is 54.9 Å². The number of carbonyl (C=O) groups excluding carboxylic acids is 1. The molecule has 3 atom stereocenters. The molecule has 2 fully saturated rings. The van der Waals surface area contributed by atoms with Gasteiger partial charge in [0.05, 0.1) is 5.75 Å². The average molecular weight is 263 g/mol. The Labute approximate surface area is 111 Å². The monoisotopic (exact) mass is 263 g/mol. The Morgan fingerprint density at radius 1 is 1.33 bits per heavy atom. The Hall–Kier alpha value is -1.10. The molecular weight excluding hydrogens is 246 g/mol. The van der Waals surface area contributed by atoms with Crippen molar-refractivity contribution in [1.29, 1.82) is 0 Å². The van der Waals surface area contributed by atoms with E-state index >= 15 is 0 Å². The van der Waals surface area contributed by atoms with Gasteiger partial charge in [-0.1, -0.05) is 18.2 Å². The van der Waals surface area contributed by atoms with Gasteiger partial charge in [-0.2, -0.15) is 0 Å². The smallest absolute Gasteiger partial charge is 0.230 e. The van der Waals surface area contributed by atoms with Crippen LogP contribution in [0.5, 0.6) is 0 Å². The van der Waals surface area contributed by atoms with Gasteiger partial charge >= 0.3 is 0 Å². The fourth-order valence-corrected chi connectivity index (χ4v) is 3.77. The lowest BCUT2D eigenvalue weighted by Crippen LogP contribution is -2.39. The second-order valence-electron chi connectivity index (χ2n) is 5.17. The highest BCUT2D eigenvalue weighted by molar-refractivity contribution is 7.99. The van der Waals surface area contributed by atoms with Crippen LogP contribution in [0.25, 0.3) is 0 Å². The molecule has 2 aliphatic rings. The van der Waals surface area contributed by atoms with Gasteiger partial charge in [0, 0.05) is 18.4 Å². The van der Waals surface area contributed by atoms with Gasteiger partial charge < -0.3 is 5.32 Å². The number of carbonyl (C=O) groups is 1. The molecule has 2 saturated carbocycles. The van der Waals surface area contributed by atoms with Gasteiger partial charge in [0.15, 0.2) is 5.16 Å². The first-order chi connectivity index (χ1) is 8.81. The van der Waals surface area contributed by atoms with Gasteiger partial charge in [0.2, 0.25) is 5.91 Å². The van der Waals surface area contributed by atoms with Crippen LogP contribution in [0.2, 0.25) is 0 Å². The van der Waals surface area contributed by atoms with Crippen LogP contribution in [0.3, 0.4) is 0 Å². The molecule has 5 heteroatoms. The summed E-state index contributed by atoms with van der Waals surface area (Å²) in [5.74, 6) is 2.13. The van der Waals surface area contributed by atoms with E-state index in [1.54, 1.807) is 18.5 Å². The van der Waals surface area contributed by atoms with Gasteiger partial charge in [0.1, 0.15) is 0 Å². The second-order valence-corrected chi connectivity index (χ2v) is 6.11. The molecule has 0 aromatic carbocycles. The second kappa shape index (κ2) is 5.26. The highest BCUT2D eigenvalue weighted by atomic mass is 32.2. The first-order valence-corrected chi connectivity index (χ1v) is 7.49. The minimum atomic E-state index is 0.116. The summed E-state index contributed by atoms with van der Waals surface area (Å²) in [4.78, 5) is 20.0. The normalized spacial score (nSPS) is 29.4. The third-order valence-electron chi connectivity index (χ3n) is 3.96. The van der Waals surface area contributed by atoms with Crippen molar-refractivity contribution in [2.45, 2.75) is 36.9 Å². The number of hydrogen-bond acceptors (Lipinski definition) is 4. The standard InChI is InChI=1S/C13H17N3OS/c17-12(8-18-13-14-4-1-5-15-13)16-11-7-9-2-3-10(11)6-9/h1,4-5,9-11H,2-3,6-8H2,(H,16,17)/t9-,10+,11-/m0/s1. The van der Waals surface area contributed by atoms with Crippen LogP contribution < -0.4 is 5.32 Å². The molecule has 0 saturated heterocycles. The fourth-order valence-electron chi connectivity index (χ4n) is 3.16. The van der Waals surface area contributed by atoms with Crippen LogP contribution >= 0.6 is 11.8 Å². The molecule has 4 nitrogen and oxygen atoms in total. The molecular formula is C13H17N3OS. The largest absolute Gasteiger partial charge is 0.352 e. The Morgan fingerprint density at radius 3 is 2.83 bits per heavy atom. The average Bonchev–Trinajstić information content (AvgIpc) is 3.00. The van der Waals surface area contributed by atoms with Crippen molar-refractivity contribution < 1.29 is 4.79 Å². The highest BCUT2D eigenvalue weighted by Gasteiger charge is 2.39. The zero-order chi connectivity index (χ0) is 12.4. The summed E-state index contributed by atoms with van der Waals surface area (Å²) >= 11 is 1.40. The van der Waals surface area contributed by atoms with E-state index in [0.717, 1.165) is 11.8 Å². The van der Waals surface area contributed by atoms with Crippen molar-refractivity contribution in [2.75, 3.05) is 5.75 Å². The molecule has 0 unspecified atom stereocenters. The fraction of sp³-hybridized carbons (Fsp3) is 0.615. The molecule has 0 spiro atoms. The summed E-state index contributed by atoms with van der Waals surface area (Å²) in [6.07, 6.45) is 8.56. The Bertz CT molecular complexity index is 426. The molecule has 1 N–H and O–H groups in total. The molecule has 1 heterocycles. The van der Waals surface area contributed by atoms with Crippen molar-refractivity contribution >= 4 is 17.7 Å². The van der Waals surface area contributed by atoms with Crippen LogP contribution in [-0.2, 0) is 4.79 Å². The maximum atomic E-state index is 11.9. The number of fused-ring (bicyclic) bond motifs is 2. The van der Waals surface area contributed by atoms with E-state index in [9.17, 15) is 4.79 Å². The molecule has 2 aliphatic carbocycles. The molecule has 1 aromatic heterocycles. The Morgan fingerprint density at radius 2 is 2.17 bits per heavy atom. The number of amides is 1. The van der Waals surface area contributed by atoms with Crippen LogP contribution in [0.1, 0.15) is 25.7 Å². The summed E-state index contributed by atoms with van der Waals surface area (Å²) in [5, 5.41) is 3.83. The number of hydrogen-bond donors (Lipinski definition) is 1. The van der Waals surface area contributed by atoms with Gasteiger partial charge in [-0.25, -0.2) is 9.97 Å². The minimum absolute atomic E-state index is 0.116. The third kappa shape index (κ3) is 2.66. The molecule has 0 radical (unpaired) electrons. The van der Waals surface area contributed by atoms with Crippen molar-refractivity contribution in [3.8, 4) is 0 Å². The Kier molecular flexibility index (Phi) is 3.50. The lowest BCUT2D eigenvalue weighted by molar-refractivity contribution is -0.119. The van der Waals surface area contributed by atoms with Crippen molar-refractivity contribution in [2.24, 2.45) is 11.8 Å². The van der Waals surface area contributed by atoms with Gasteiger partial charge in [-0.3, -0.25) is 4.79 Å². The van der Waals surface area contributed by atoms with Crippen LogP contribution in [0.15, 0.2) is 23.6 Å². The van der Waals surface area contributed by atoms with Gasteiger partial charge in [-0.05, 0) is 37.2 Å². The van der Waals surface area contributed by atoms with Crippen LogP contribution in [-0.4, -0.2) is 27.7 Å². The molecule has 18 heavy (non-hydrogen) atoms. The number of aromatic nitrogens is 2. The number of thioether (sulfide) groups is 1. The van der Waals surface area contributed by atoms with E-state index in [1.165, 1.54) is 37.4 Å². The van der Waals surface area contributed by atoms with E-state index in [4.69, 9.17) is 0 Å². The lowest BCUT2D eigenvalue weighted by Gasteiger charge is -2.22. The summed E-state index contributed by atoms with van der Waals surface area (Å²) in [6.45, 7) is 0. The number of rotatable bonds is 4. The maximum Gasteiger partial charge on any atom is 0.230 e. The third-order valence-corrected chi connectivity index (χ3v) is 4.83. The zero-order valence-electron chi connectivity index (χ0n) is 10.2. The van der Waals surface area contributed by atoms with E-state index < -0.39 is 0 Å². The maximum absolute atomic E-state index is 11.9. The summed E-state index contributed by atoms with van der Waals surface area (Å²) in [5.41, 5.74) is 0. The molecule has 2 bridgehead atoms. The zero-order valence-corrected chi connectivity index (χ0v) is 11.0. The molecule has 1 amide bonds. The van der Waals surface area contributed by atoms with E-state index in [0.29, 0.717) is 17.0 Å². The summed E-state index contributed by atoms with van der Waals surface area (Å²) in [6, 6.07) is 2.20. The Balaban J connectivity index is 1.45. The van der Waals surface area contributed by atoms with Crippen molar-refractivity contribution in [3.63, 3.8) is 0 Å². The number of nitrogens with one attached hydrogen (secondary N) is 1. The van der Waals surface area contributed by atoms with E-state index in [-0.39, 0.29) is 5.91 Å². The molecule has 96 valence electrons. The van der Waals surface area contributed by atoms with Crippen LogP contribution in [0.4, 0.5) is 0 Å². The van der Waals surface area contributed by atoms with Crippen molar-refractivity contribution in [3.05, 3.63) is 18.5 Å². The van der Waals surface area contributed by atoms with Gasteiger partial charge in [-0.15, -0.1) is 0 Å². The summed E-state index contributed by atoms with van der Waals surface area (Å²) < 4.78 is 0.